The zero-order chi connectivity index (χ0) is 74.1. The van der Waals surface area contributed by atoms with Gasteiger partial charge in [0.2, 0.25) is 0 Å². The third kappa shape index (κ3) is 13.1. The molecule has 107 heavy (non-hydrogen) atoms. The van der Waals surface area contributed by atoms with E-state index < -0.39 is 17.0 Å². The standard InChI is InChI=1S/C15H24O.C14H16O.2C13H18O.C12H16O.C10H14O3.C9H14O2.C8H10O3/c1-10(16)14-12-7-8-13(9-12)15(14)11-5-3-2-4-6-11;15-9-13-11-6-7-12(8-11)14(13)10-4-2-1-3-5-10;1-13(14)6-9-5-10(13)12-8-3-2-7(4-8)11(9)12;14-6-10-4-9-5-11(10)13-8-2-1-7(3-8)12(9)13;13-10-5-8-4-9(10)12-7-2-1-6(3-7)11(8)12;1-13-9(12)10(6-11)5-7-2-3-8(10)4-7;10-4-8-6-1-2-7(3-6)9(8)5-11;9-7(10)8(11)4-5-1-2-6(8)3-5/h7-8,10-16H,2-6,9H2,1H3;1-7,11-15H,8-9H2;2-3,7-12,14H,4-6H2,1H3;1-2,7-14H,3-6H2;1-2,6-13H,3-5H2;2-3,7-8,11H,4-6H2,1H3;1-2,6-11H,3-5H2;1-2,5-6,11H,3-4H2,(H,9,10). The molecule has 0 amide bonds. The molecule has 0 radical (unpaired) electrons. The first kappa shape index (κ1) is 75.4. The molecular weight excluding hydrogens is 1340 g/mol. The molecule has 0 spiro atoms. The number of carbonyl (C=O) groups excluding carboxylic acids is 1. The second-order valence-electron chi connectivity index (χ2n) is 39.8. The highest BCUT2D eigenvalue weighted by Gasteiger charge is 2.66. The van der Waals surface area contributed by atoms with Gasteiger partial charge in [-0.15, -0.1) is 0 Å². The number of aliphatic carboxylic acids is 1. The molecule has 40 unspecified atom stereocenters. The molecule has 0 aromatic heterocycles. The van der Waals surface area contributed by atoms with Gasteiger partial charge in [0.1, 0.15) is 0 Å². The Morgan fingerprint density at radius 2 is 0.953 bits per heavy atom. The number of allylic oxidation sites excluding steroid dienone is 15. The monoisotopic (exact) mass is 1470 g/mol. The number of benzene rings is 1. The Hall–Kier alpha value is -4.28. The molecule has 22 bridgehead atoms. The van der Waals surface area contributed by atoms with Crippen LogP contribution in [0.4, 0.5) is 0 Å². The maximum Gasteiger partial charge on any atom is 0.336 e. The highest BCUT2D eigenvalue weighted by molar-refractivity contribution is 5.79. The summed E-state index contributed by atoms with van der Waals surface area (Å²) in [7, 11) is 1.38. The molecule has 1 aromatic rings. The summed E-state index contributed by atoms with van der Waals surface area (Å²) < 4.78 is 4.75. The highest BCUT2D eigenvalue weighted by atomic mass is 16.5. The van der Waals surface area contributed by atoms with Crippen molar-refractivity contribution in [3.8, 4) is 0 Å². The number of hydrogen-bond acceptors (Lipinski definition) is 12. The lowest BCUT2D eigenvalue weighted by Gasteiger charge is -2.40. The Bertz CT molecular complexity index is 3560. The molecule has 13 heteroatoms. The van der Waals surface area contributed by atoms with Gasteiger partial charge in [0, 0.05) is 32.3 Å². The van der Waals surface area contributed by atoms with Crippen molar-refractivity contribution in [1.82, 2.24) is 0 Å². The summed E-state index contributed by atoms with van der Waals surface area (Å²) in [4.78, 5) is 22.2. The third-order valence-corrected chi connectivity index (χ3v) is 35.2. The van der Waals surface area contributed by atoms with E-state index in [4.69, 9.17) is 20.1 Å². The van der Waals surface area contributed by atoms with Crippen LogP contribution in [0.5, 0.6) is 0 Å². The summed E-state index contributed by atoms with van der Waals surface area (Å²) in [6.45, 7) is 5.23. The molecule has 10 N–H and O–H groups in total. The molecule has 0 heterocycles. The third-order valence-electron chi connectivity index (χ3n) is 35.2. The zero-order valence-corrected chi connectivity index (χ0v) is 64.1. The van der Waals surface area contributed by atoms with E-state index in [0.29, 0.717) is 108 Å². The number of ether oxygens (including phenoxy) is 1. The Morgan fingerprint density at radius 3 is 1.48 bits per heavy atom. The van der Waals surface area contributed by atoms with Gasteiger partial charge in [0.25, 0.3) is 0 Å². The zero-order valence-electron chi connectivity index (χ0n) is 64.1. The van der Waals surface area contributed by atoms with Crippen molar-refractivity contribution in [1.29, 1.82) is 0 Å². The molecule has 584 valence electrons. The quantitative estimate of drug-likeness (QED) is 0.0596. The Morgan fingerprint density at radius 1 is 0.467 bits per heavy atom. The molecule has 23 aliphatic carbocycles. The highest BCUT2D eigenvalue weighted by Crippen LogP contribution is 2.70. The van der Waals surface area contributed by atoms with Gasteiger partial charge in [-0.2, -0.15) is 0 Å². The van der Waals surface area contributed by atoms with Crippen LogP contribution in [0.3, 0.4) is 0 Å². The van der Waals surface area contributed by atoms with Crippen molar-refractivity contribution in [3.63, 3.8) is 0 Å². The Balaban J connectivity index is 0.0000000900. The number of aliphatic hydroxyl groups is 9. The van der Waals surface area contributed by atoms with Gasteiger partial charge >= 0.3 is 11.9 Å². The number of carboxylic acid groups (broad SMARTS) is 1. The van der Waals surface area contributed by atoms with E-state index in [0.717, 1.165) is 151 Å². The van der Waals surface area contributed by atoms with E-state index in [1.54, 1.807) is 0 Å². The van der Waals surface area contributed by atoms with E-state index in [1.165, 1.54) is 103 Å². The predicted octanol–water partition coefficient (Wildman–Crippen LogP) is 13.6. The minimum absolute atomic E-state index is 0.0546. The van der Waals surface area contributed by atoms with Crippen LogP contribution in [0.15, 0.2) is 128 Å². The first-order valence-electron chi connectivity index (χ1n) is 43.5. The average Bonchev–Trinajstić information content (AvgIpc) is 1.56. The second-order valence-corrected chi connectivity index (χ2v) is 39.8. The molecule has 1 aromatic carbocycles. The van der Waals surface area contributed by atoms with Crippen LogP contribution in [0.25, 0.3) is 0 Å². The molecule has 24 rings (SSSR count). The van der Waals surface area contributed by atoms with Crippen molar-refractivity contribution in [2.75, 3.05) is 40.1 Å². The van der Waals surface area contributed by atoms with E-state index in [9.17, 15) is 45.3 Å². The maximum absolute atomic E-state index is 11.5. The van der Waals surface area contributed by atoms with Crippen molar-refractivity contribution in [2.45, 2.75) is 178 Å². The van der Waals surface area contributed by atoms with Crippen LogP contribution in [-0.2, 0) is 14.3 Å². The van der Waals surface area contributed by atoms with E-state index >= 15 is 0 Å². The fourth-order valence-corrected chi connectivity index (χ4v) is 31.1. The Labute approximate surface area is 637 Å². The normalized spacial score (nSPS) is 51.7. The molecule has 0 aliphatic heterocycles. The van der Waals surface area contributed by atoms with Crippen LogP contribution in [0.1, 0.15) is 160 Å². The van der Waals surface area contributed by atoms with Crippen LogP contribution in [0.2, 0.25) is 0 Å². The lowest BCUT2D eigenvalue weighted by Crippen LogP contribution is -2.42. The van der Waals surface area contributed by atoms with Crippen molar-refractivity contribution in [3.05, 3.63) is 133 Å². The molecule has 15 fully saturated rings. The number of hydrogen-bond donors (Lipinski definition) is 10. The lowest BCUT2D eigenvalue weighted by molar-refractivity contribution is -0.161. The van der Waals surface area contributed by atoms with Crippen LogP contribution in [0, 0.1) is 213 Å². The molecule has 15 saturated carbocycles. The van der Waals surface area contributed by atoms with Crippen molar-refractivity contribution in [2.24, 2.45) is 213 Å². The summed E-state index contributed by atoms with van der Waals surface area (Å²) in [6, 6.07) is 10.6. The number of rotatable bonds is 10. The van der Waals surface area contributed by atoms with Gasteiger partial charge in [-0.05, 0) is 329 Å². The lowest BCUT2D eigenvalue weighted by atomic mass is 9.68. The van der Waals surface area contributed by atoms with E-state index in [1.807, 2.05) is 25.2 Å². The van der Waals surface area contributed by atoms with Gasteiger partial charge in [-0.25, -0.2) is 4.79 Å². The summed E-state index contributed by atoms with van der Waals surface area (Å²) >= 11 is 0. The van der Waals surface area contributed by atoms with Gasteiger partial charge in [0.05, 0.1) is 36.9 Å². The molecule has 40 atom stereocenters. The van der Waals surface area contributed by atoms with Gasteiger partial charge < -0.3 is 55.8 Å². The topological polar surface area (TPSA) is 246 Å². The molecular formula is C94H130O13. The number of aliphatic hydroxyl groups excluding tert-OH is 7. The van der Waals surface area contributed by atoms with Gasteiger partial charge in [0.15, 0.2) is 5.60 Å². The first-order chi connectivity index (χ1) is 51.8. The van der Waals surface area contributed by atoms with Crippen LogP contribution >= 0.6 is 0 Å². The van der Waals surface area contributed by atoms with Crippen molar-refractivity contribution >= 4 is 11.9 Å². The van der Waals surface area contributed by atoms with Gasteiger partial charge in [-0.1, -0.05) is 160 Å². The number of esters is 1. The second kappa shape index (κ2) is 30.2. The van der Waals surface area contributed by atoms with Crippen molar-refractivity contribution < 1.29 is 65.4 Å². The minimum atomic E-state index is -1.46. The van der Waals surface area contributed by atoms with E-state index in [2.05, 4.69) is 116 Å². The number of carbonyl (C=O) groups is 2. The largest absolute Gasteiger partial charge is 0.479 e. The number of methoxy groups -OCH3 is 1. The summed E-state index contributed by atoms with van der Waals surface area (Å²) in [5.74, 6) is 23.7. The van der Waals surface area contributed by atoms with Crippen LogP contribution < -0.4 is 0 Å². The predicted molar refractivity (Wildman–Crippen MR) is 412 cm³/mol. The fraction of sp³-hybridized carbons (Fsp3) is 0.745. The summed E-state index contributed by atoms with van der Waals surface area (Å²) in [6.07, 6.45) is 62.2. The maximum atomic E-state index is 11.5. The SMILES string of the molecule is CC(O)C1C2C=CC(C2)C1C1CCCCC1.CC1(O)CC2CC1C1C3C=CC(C3)C21.COC(=O)C1(CO)CC2C=CC1C2.O=C(O)C1(O)CC2C=CC1C2.OC1CC2CC1C1C3C=CC(C3)C21.OCC1C2C=CC(C2)C1CO.OCC1C2C=CC(C2)C1c1ccccc1.OCC1CC2CC1C1C3C=CC(C3)C21. The number of fused-ring (bicyclic) bond motifs is 37. The van der Waals surface area contributed by atoms with Crippen LogP contribution in [-0.4, -0.2) is 127 Å². The van der Waals surface area contributed by atoms with E-state index in [-0.39, 0.29) is 55.4 Å². The Kier molecular flexibility index (Phi) is 21.3. The first-order valence-corrected chi connectivity index (χ1v) is 43.5. The average molecular weight is 1470 g/mol. The molecule has 0 saturated heterocycles. The fourth-order valence-electron chi connectivity index (χ4n) is 31.1. The number of carboxylic acids is 1. The summed E-state index contributed by atoms with van der Waals surface area (Å²) in [5, 5.41) is 94.8. The smallest absolute Gasteiger partial charge is 0.336 e. The summed E-state index contributed by atoms with van der Waals surface area (Å²) in [5.41, 5.74) is -1.02. The molecule has 23 aliphatic rings. The molecule has 13 nitrogen and oxygen atoms in total. The minimum Gasteiger partial charge on any atom is -0.479 e. The van der Waals surface area contributed by atoms with Gasteiger partial charge in [-0.3, -0.25) is 4.79 Å².